The van der Waals surface area contributed by atoms with Gasteiger partial charge in [0.2, 0.25) is 0 Å². The third-order valence-corrected chi connectivity index (χ3v) is 1.85. The van der Waals surface area contributed by atoms with E-state index in [0.717, 1.165) is 0 Å². The lowest BCUT2D eigenvalue weighted by atomic mass is 10.2. The van der Waals surface area contributed by atoms with E-state index < -0.39 is 18.4 Å². The number of carboxylic acid groups (broad SMARTS) is 1. The fourth-order valence-electron chi connectivity index (χ4n) is 1.17. The molecule has 0 spiro atoms. The minimum absolute atomic E-state index is 0.106. The molecule has 0 aliphatic carbocycles. The summed E-state index contributed by atoms with van der Waals surface area (Å²) in [6.07, 6.45) is -0.451. The molecule has 0 aliphatic rings. The summed E-state index contributed by atoms with van der Waals surface area (Å²) in [7, 11) is 0. The summed E-state index contributed by atoms with van der Waals surface area (Å²) >= 11 is 0. The lowest BCUT2D eigenvalue weighted by Crippen LogP contribution is -2.20. The molecule has 5 heteroatoms. The minimum Gasteiger partial charge on any atom is -0.481 e. The molecule has 0 aromatic heterocycles. The molecule has 0 radical (unpaired) electrons. The van der Waals surface area contributed by atoms with Crippen LogP contribution in [0.3, 0.4) is 0 Å². The molecule has 0 atom stereocenters. The van der Waals surface area contributed by atoms with E-state index in [9.17, 15) is 9.59 Å². The number of aliphatic imine (C=N–C) groups is 1. The van der Waals surface area contributed by atoms with Crippen LogP contribution < -0.4 is 0 Å². The SMILES string of the molecule is CCOC(=O)C(CC(=O)O)=Nc1ccccc1. The Bertz CT molecular complexity index is 425. The highest BCUT2D eigenvalue weighted by Gasteiger charge is 2.16. The molecular weight excluding hydrogens is 222 g/mol. The number of ether oxygens (including phenoxy) is 1. The third-order valence-electron chi connectivity index (χ3n) is 1.85. The van der Waals surface area contributed by atoms with Crippen LogP contribution in [0.25, 0.3) is 0 Å². The van der Waals surface area contributed by atoms with E-state index in [1.54, 1.807) is 37.3 Å². The van der Waals surface area contributed by atoms with Crippen LogP contribution in [0, 0.1) is 0 Å². The van der Waals surface area contributed by atoms with Crippen molar-refractivity contribution in [2.24, 2.45) is 4.99 Å². The zero-order chi connectivity index (χ0) is 12.7. The Hall–Kier alpha value is -2.17. The fourth-order valence-corrected chi connectivity index (χ4v) is 1.17. The van der Waals surface area contributed by atoms with Crippen LogP contribution in [0.15, 0.2) is 35.3 Å². The molecular formula is C12H13NO4. The average molecular weight is 235 g/mol. The van der Waals surface area contributed by atoms with Crippen molar-refractivity contribution in [3.8, 4) is 0 Å². The number of hydrogen-bond acceptors (Lipinski definition) is 4. The van der Waals surface area contributed by atoms with Crippen LogP contribution in [-0.2, 0) is 14.3 Å². The van der Waals surface area contributed by atoms with Crippen molar-refractivity contribution in [1.82, 2.24) is 0 Å². The largest absolute Gasteiger partial charge is 0.481 e. The van der Waals surface area contributed by atoms with Gasteiger partial charge in [-0.1, -0.05) is 18.2 Å². The molecule has 0 bridgehead atoms. The highest BCUT2D eigenvalue weighted by Crippen LogP contribution is 2.11. The lowest BCUT2D eigenvalue weighted by molar-refractivity contribution is -0.139. The maximum atomic E-state index is 11.5. The van der Waals surface area contributed by atoms with Crippen molar-refractivity contribution in [2.45, 2.75) is 13.3 Å². The van der Waals surface area contributed by atoms with E-state index in [1.165, 1.54) is 0 Å². The van der Waals surface area contributed by atoms with Crippen molar-refractivity contribution < 1.29 is 19.4 Å². The van der Waals surface area contributed by atoms with Gasteiger partial charge in [0.05, 0.1) is 18.7 Å². The van der Waals surface area contributed by atoms with Crippen LogP contribution in [-0.4, -0.2) is 29.4 Å². The predicted molar refractivity (Wildman–Crippen MR) is 62.4 cm³/mol. The summed E-state index contributed by atoms with van der Waals surface area (Å²) < 4.78 is 4.74. The molecule has 0 unspecified atom stereocenters. The van der Waals surface area contributed by atoms with Crippen molar-refractivity contribution in [3.63, 3.8) is 0 Å². The molecule has 0 saturated heterocycles. The van der Waals surface area contributed by atoms with Crippen molar-refractivity contribution in [1.29, 1.82) is 0 Å². The van der Waals surface area contributed by atoms with Gasteiger partial charge in [0.15, 0.2) is 0 Å². The monoisotopic (exact) mass is 235 g/mol. The number of carboxylic acids is 1. The summed E-state index contributed by atoms with van der Waals surface area (Å²) in [5, 5.41) is 8.69. The van der Waals surface area contributed by atoms with E-state index in [2.05, 4.69) is 4.99 Å². The second kappa shape index (κ2) is 6.42. The summed E-state index contributed by atoms with van der Waals surface area (Å²) in [6.45, 7) is 1.84. The van der Waals surface area contributed by atoms with Crippen molar-refractivity contribution >= 4 is 23.3 Å². The normalized spacial score (nSPS) is 11.0. The predicted octanol–water partition coefficient (Wildman–Crippen LogP) is 1.80. The van der Waals surface area contributed by atoms with Crippen LogP contribution in [0.4, 0.5) is 5.69 Å². The van der Waals surface area contributed by atoms with Gasteiger partial charge in [-0.05, 0) is 19.1 Å². The Morgan fingerprint density at radius 2 is 1.94 bits per heavy atom. The van der Waals surface area contributed by atoms with Crippen molar-refractivity contribution in [2.75, 3.05) is 6.61 Å². The Morgan fingerprint density at radius 1 is 1.29 bits per heavy atom. The molecule has 0 fully saturated rings. The molecule has 5 nitrogen and oxygen atoms in total. The summed E-state index contributed by atoms with van der Waals surface area (Å²) in [4.78, 5) is 26.1. The topological polar surface area (TPSA) is 76.0 Å². The Balaban J connectivity index is 2.93. The summed E-state index contributed by atoms with van der Waals surface area (Å²) in [5.74, 6) is -1.81. The van der Waals surface area contributed by atoms with Crippen LogP contribution >= 0.6 is 0 Å². The van der Waals surface area contributed by atoms with Crippen LogP contribution in [0.2, 0.25) is 0 Å². The van der Waals surface area contributed by atoms with Gasteiger partial charge in [0.1, 0.15) is 5.71 Å². The van der Waals surface area contributed by atoms with E-state index >= 15 is 0 Å². The highest BCUT2D eigenvalue weighted by atomic mass is 16.5. The number of hydrogen-bond donors (Lipinski definition) is 1. The zero-order valence-corrected chi connectivity index (χ0v) is 9.42. The molecule has 1 aromatic rings. The first kappa shape index (κ1) is 12.9. The molecule has 0 heterocycles. The number of rotatable bonds is 5. The maximum absolute atomic E-state index is 11.5. The molecule has 0 saturated carbocycles. The van der Waals surface area contributed by atoms with E-state index in [1.807, 2.05) is 0 Å². The smallest absolute Gasteiger partial charge is 0.353 e. The van der Waals surface area contributed by atoms with Gasteiger partial charge in [0, 0.05) is 0 Å². The number of benzene rings is 1. The van der Waals surface area contributed by atoms with Crippen LogP contribution in [0.1, 0.15) is 13.3 Å². The molecule has 1 rings (SSSR count). The number of para-hydroxylation sites is 1. The molecule has 17 heavy (non-hydrogen) atoms. The second-order valence-corrected chi connectivity index (χ2v) is 3.19. The standard InChI is InChI=1S/C12H13NO4/c1-2-17-12(16)10(8-11(14)15)13-9-6-4-3-5-7-9/h3-7H,2,8H2,1H3,(H,14,15). The first-order chi connectivity index (χ1) is 8.13. The van der Waals surface area contributed by atoms with Gasteiger partial charge in [-0.15, -0.1) is 0 Å². The number of esters is 1. The van der Waals surface area contributed by atoms with Gasteiger partial charge in [0.25, 0.3) is 0 Å². The summed E-state index contributed by atoms with van der Waals surface area (Å²) in [6, 6.07) is 8.67. The van der Waals surface area contributed by atoms with E-state index in [0.29, 0.717) is 5.69 Å². The van der Waals surface area contributed by atoms with Gasteiger partial charge in [-0.3, -0.25) is 4.79 Å². The Morgan fingerprint density at radius 3 is 2.47 bits per heavy atom. The molecule has 0 amide bonds. The molecule has 90 valence electrons. The van der Waals surface area contributed by atoms with Crippen LogP contribution in [0.5, 0.6) is 0 Å². The third kappa shape index (κ3) is 4.46. The van der Waals surface area contributed by atoms with Gasteiger partial charge in [-0.2, -0.15) is 0 Å². The zero-order valence-electron chi connectivity index (χ0n) is 9.42. The number of nitrogens with zero attached hydrogens (tertiary/aromatic N) is 1. The number of carbonyl (C=O) groups excluding carboxylic acids is 1. The number of carbonyl (C=O) groups is 2. The Labute approximate surface area is 98.7 Å². The summed E-state index contributed by atoms with van der Waals surface area (Å²) in [5.41, 5.74) is 0.419. The van der Waals surface area contributed by atoms with Gasteiger partial charge >= 0.3 is 11.9 Å². The Kier molecular flexibility index (Phi) is 4.87. The fraction of sp³-hybridized carbons (Fsp3) is 0.250. The first-order valence-corrected chi connectivity index (χ1v) is 5.15. The second-order valence-electron chi connectivity index (χ2n) is 3.19. The molecule has 1 aromatic carbocycles. The average Bonchev–Trinajstić information content (AvgIpc) is 2.29. The molecule has 1 N–H and O–H groups in total. The van der Waals surface area contributed by atoms with E-state index in [4.69, 9.17) is 9.84 Å². The lowest BCUT2D eigenvalue weighted by Gasteiger charge is -2.03. The first-order valence-electron chi connectivity index (χ1n) is 5.15. The minimum atomic E-state index is -1.12. The maximum Gasteiger partial charge on any atom is 0.353 e. The highest BCUT2D eigenvalue weighted by molar-refractivity contribution is 6.39. The number of aliphatic carboxylic acids is 1. The quantitative estimate of drug-likeness (QED) is 0.623. The van der Waals surface area contributed by atoms with Gasteiger partial charge in [-0.25, -0.2) is 9.79 Å². The van der Waals surface area contributed by atoms with Gasteiger partial charge < -0.3 is 9.84 Å². The van der Waals surface area contributed by atoms with E-state index in [-0.39, 0.29) is 12.3 Å². The molecule has 0 aliphatic heterocycles. The van der Waals surface area contributed by atoms with Crippen molar-refractivity contribution in [3.05, 3.63) is 30.3 Å².